The minimum absolute atomic E-state index is 0.297. The van der Waals surface area contributed by atoms with Gasteiger partial charge >= 0.3 is 0 Å². The van der Waals surface area contributed by atoms with Gasteiger partial charge < -0.3 is 9.84 Å². The maximum absolute atomic E-state index is 12.9. The Kier molecular flexibility index (Phi) is 5.13. The lowest BCUT2D eigenvalue weighted by Crippen LogP contribution is -2.25. The summed E-state index contributed by atoms with van der Waals surface area (Å²) in [6, 6.07) is 11.4. The van der Waals surface area contributed by atoms with Gasteiger partial charge in [-0.1, -0.05) is 17.3 Å². The Morgan fingerprint density at radius 1 is 1.00 bits per heavy atom. The first-order chi connectivity index (χ1) is 12.1. The second-order valence-corrected chi connectivity index (χ2v) is 5.42. The molecule has 25 heavy (non-hydrogen) atoms. The summed E-state index contributed by atoms with van der Waals surface area (Å²) >= 11 is 0. The van der Waals surface area contributed by atoms with Gasteiger partial charge in [0.15, 0.2) is 5.82 Å². The number of hydrogen-bond donors (Lipinski definition) is 1. The Hall–Kier alpha value is -3.09. The van der Waals surface area contributed by atoms with Gasteiger partial charge in [-0.25, -0.2) is 8.78 Å². The van der Waals surface area contributed by atoms with Crippen LogP contribution in [-0.2, 0) is 12.8 Å². The Balaban J connectivity index is 1.49. The second-order valence-electron chi connectivity index (χ2n) is 5.42. The van der Waals surface area contributed by atoms with Gasteiger partial charge in [-0.2, -0.15) is 4.98 Å². The molecule has 3 aromatic rings. The molecule has 1 N–H and O–H groups in total. The fourth-order valence-corrected chi connectivity index (χ4v) is 2.23. The molecule has 0 spiro atoms. The molecule has 1 aromatic heterocycles. The van der Waals surface area contributed by atoms with Crippen molar-refractivity contribution in [1.29, 1.82) is 0 Å². The van der Waals surface area contributed by atoms with Crippen LogP contribution in [0, 0.1) is 11.6 Å². The Bertz CT molecular complexity index is 846. The van der Waals surface area contributed by atoms with Crippen LogP contribution in [0.3, 0.4) is 0 Å². The summed E-state index contributed by atoms with van der Waals surface area (Å²) in [5.74, 6) is -0.0976. The molecule has 1 heterocycles. The first-order valence-corrected chi connectivity index (χ1v) is 7.70. The number of carbonyl (C=O) groups is 1. The fraction of sp³-hybridized carbons (Fsp3) is 0.167. The van der Waals surface area contributed by atoms with E-state index < -0.39 is 5.82 Å². The standard InChI is InChI=1S/C18H15F2N3O2/c19-14-5-1-12(2-6-14)11-16-22-17(25-23-16)9-10-21-18(24)13-3-7-15(20)8-4-13/h1-8H,9-11H2,(H,21,24). The van der Waals surface area contributed by atoms with Crippen LogP contribution in [0.5, 0.6) is 0 Å². The van der Waals surface area contributed by atoms with E-state index in [1.807, 2.05) is 0 Å². The number of nitrogens with zero attached hydrogens (tertiary/aromatic N) is 2. The maximum Gasteiger partial charge on any atom is 0.251 e. The van der Waals surface area contributed by atoms with Crippen molar-refractivity contribution in [2.75, 3.05) is 6.54 Å². The number of rotatable bonds is 6. The van der Waals surface area contributed by atoms with Crippen molar-refractivity contribution in [1.82, 2.24) is 15.5 Å². The molecule has 0 saturated carbocycles. The van der Waals surface area contributed by atoms with E-state index >= 15 is 0 Å². The average molecular weight is 343 g/mol. The van der Waals surface area contributed by atoms with E-state index in [2.05, 4.69) is 15.5 Å². The normalized spacial score (nSPS) is 10.6. The van der Waals surface area contributed by atoms with Gasteiger partial charge in [0.05, 0.1) is 0 Å². The lowest BCUT2D eigenvalue weighted by atomic mass is 10.1. The van der Waals surface area contributed by atoms with Crippen molar-refractivity contribution < 1.29 is 18.1 Å². The topological polar surface area (TPSA) is 68.0 Å². The van der Waals surface area contributed by atoms with Gasteiger partial charge in [0.2, 0.25) is 5.89 Å². The molecule has 0 aliphatic rings. The lowest BCUT2D eigenvalue weighted by Gasteiger charge is -2.03. The summed E-state index contributed by atoms with van der Waals surface area (Å²) in [5.41, 5.74) is 1.25. The number of nitrogens with one attached hydrogen (secondary N) is 1. The molecule has 0 atom stereocenters. The zero-order valence-electron chi connectivity index (χ0n) is 13.2. The summed E-state index contributed by atoms with van der Waals surface area (Å²) in [6.45, 7) is 0.314. The van der Waals surface area contributed by atoms with E-state index in [9.17, 15) is 13.6 Å². The van der Waals surface area contributed by atoms with Crippen LogP contribution in [0.2, 0.25) is 0 Å². The average Bonchev–Trinajstić information content (AvgIpc) is 3.05. The number of halogens is 2. The zero-order valence-corrected chi connectivity index (χ0v) is 13.2. The Morgan fingerprint density at radius 2 is 1.64 bits per heavy atom. The summed E-state index contributed by atoms with van der Waals surface area (Å²) in [6.07, 6.45) is 0.815. The predicted molar refractivity (Wildman–Crippen MR) is 85.9 cm³/mol. The second kappa shape index (κ2) is 7.65. The molecule has 128 valence electrons. The molecule has 0 radical (unpaired) electrons. The molecule has 0 aliphatic carbocycles. The molecule has 0 unspecified atom stereocenters. The summed E-state index contributed by atoms with van der Waals surface area (Å²) in [5, 5.41) is 6.57. The van der Waals surface area contributed by atoms with Gasteiger partial charge in [-0.15, -0.1) is 0 Å². The molecule has 0 aliphatic heterocycles. The van der Waals surface area contributed by atoms with Crippen LogP contribution < -0.4 is 5.32 Å². The quantitative estimate of drug-likeness (QED) is 0.747. The number of benzene rings is 2. The third-order valence-electron chi connectivity index (χ3n) is 3.52. The number of hydrogen-bond acceptors (Lipinski definition) is 4. The van der Waals surface area contributed by atoms with Crippen molar-refractivity contribution in [3.63, 3.8) is 0 Å². The smallest absolute Gasteiger partial charge is 0.251 e. The number of carbonyl (C=O) groups excluding carboxylic acids is 1. The predicted octanol–water partition coefficient (Wildman–Crippen LogP) is 2.91. The van der Waals surface area contributed by atoms with Crippen LogP contribution >= 0.6 is 0 Å². The molecule has 3 rings (SSSR count). The minimum Gasteiger partial charge on any atom is -0.352 e. The fourth-order valence-electron chi connectivity index (χ4n) is 2.23. The Morgan fingerprint density at radius 3 is 2.32 bits per heavy atom. The highest BCUT2D eigenvalue weighted by Crippen LogP contribution is 2.08. The van der Waals surface area contributed by atoms with Gasteiger partial charge in [0.1, 0.15) is 11.6 Å². The molecule has 5 nitrogen and oxygen atoms in total. The number of aromatic nitrogens is 2. The molecule has 0 saturated heterocycles. The molecular weight excluding hydrogens is 328 g/mol. The summed E-state index contributed by atoms with van der Waals surface area (Å²) < 4.78 is 30.8. The van der Waals surface area contributed by atoms with Crippen LogP contribution in [-0.4, -0.2) is 22.6 Å². The van der Waals surface area contributed by atoms with Crippen LogP contribution in [0.15, 0.2) is 53.1 Å². The third-order valence-corrected chi connectivity index (χ3v) is 3.52. The molecule has 7 heteroatoms. The van der Waals surface area contributed by atoms with Gasteiger partial charge in [0.25, 0.3) is 5.91 Å². The minimum atomic E-state index is -0.393. The highest BCUT2D eigenvalue weighted by molar-refractivity contribution is 5.94. The molecule has 1 amide bonds. The van der Waals surface area contributed by atoms with Crippen molar-refractivity contribution in [3.8, 4) is 0 Å². The van der Waals surface area contributed by atoms with Crippen molar-refractivity contribution in [2.24, 2.45) is 0 Å². The molecular formula is C18H15F2N3O2. The van der Waals surface area contributed by atoms with Gasteiger partial charge in [-0.05, 0) is 42.0 Å². The van der Waals surface area contributed by atoms with Gasteiger partial charge in [-0.3, -0.25) is 4.79 Å². The highest BCUT2D eigenvalue weighted by atomic mass is 19.1. The van der Waals surface area contributed by atoms with E-state index in [-0.39, 0.29) is 11.7 Å². The Labute approximate surface area is 142 Å². The van der Waals surface area contributed by atoms with Crippen molar-refractivity contribution in [3.05, 3.63) is 83.0 Å². The van der Waals surface area contributed by atoms with Crippen LogP contribution in [0.1, 0.15) is 27.6 Å². The SMILES string of the molecule is O=C(NCCc1nc(Cc2ccc(F)cc2)no1)c1ccc(F)cc1. The number of amides is 1. The van der Waals surface area contributed by atoms with Gasteiger partial charge in [0, 0.05) is 24.9 Å². The molecule has 2 aromatic carbocycles. The third kappa shape index (κ3) is 4.69. The largest absolute Gasteiger partial charge is 0.352 e. The highest BCUT2D eigenvalue weighted by Gasteiger charge is 2.09. The van der Waals surface area contributed by atoms with E-state index in [1.54, 1.807) is 12.1 Å². The molecule has 0 fully saturated rings. The van der Waals surface area contributed by atoms with Crippen LogP contribution in [0.4, 0.5) is 8.78 Å². The van der Waals surface area contributed by atoms with E-state index in [0.29, 0.717) is 36.7 Å². The van der Waals surface area contributed by atoms with Crippen molar-refractivity contribution >= 4 is 5.91 Å². The molecule has 0 bridgehead atoms. The van der Waals surface area contributed by atoms with E-state index in [4.69, 9.17) is 4.52 Å². The zero-order chi connectivity index (χ0) is 17.6. The summed E-state index contributed by atoms with van der Waals surface area (Å²) in [7, 11) is 0. The first kappa shape index (κ1) is 16.8. The van der Waals surface area contributed by atoms with Crippen LogP contribution in [0.25, 0.3) is 0 Å². The summed E-state index contributed by atoms with van der Waals surface area (Å²) in [4.78, 5) is 16.1. The first-order valence-electron chi connectivity index (χ1n) is 7.70. The van der Waals surface area contributed by atoms with E-state index in [1.165, 1.54) is 36.4 Å². The lowest BCUT2D eigenvalue weighted by molar-refractivity contribution is 0.0953. The van der Waals surface area contributed by atoms with E-state index in [0.717, 1.165) is 5.56 Å². The van der Waals surface area contributed by atoms with Crippen molar-refractivity contribution in [2.45, 2.75) is 12.8 Å². The monoisotopic (exact) mass is 343 g/mol. The maximum atomic E-state index is 12.9.